The Bertz CT molecular complexity index is 403. The molecule has 1 fully saturated rings. The minimum atomic E-state index is 0.277. The van der Waals surface area contributed by atoms with Crippen molar-refractivity contribution in [1.82, 2.24) is 19.8 Å². The molecule has 2 rings (SSSR count). The van der Waals surface area contributed by atoms with Crippen LogP contribution in [0.4, 0.5) is 0 Å². The van der Waals surface area contributed by atoms with Crippen LogP contribution in [0, 0.1) is 5.92 Å². The van der Waals surface area contributed by atoms with Crippen LogP contribution < -0.4 is 5.32 Å². The summed E-state index contributed by atoms with van der Waals surface area (Å²) < 4.78 is 2.18. The smallest absolute Gasteiger partial charge is 0.0945 e. The monoisotopic (exact) mass is 292 g/mol. The largest absolute Gasteiger partial charge is 0.337 e. The fraction of sp³-hybridized carbons (Fsp3) is 0.824. The van der Waals surface area contributed by atoms with Gasteiger partial charge >= 0.3 is 0 Å². The van der Waals surface area contributed by atoms with E-state index >= 15 is 0 Å². The molecule has 0 amide bonds. The lowest BCUT2D eigenvalue weighted by Gasteiger charge is -2.48. The summed E-state index contributed by atoms with van der Waals surface area (Å²) in [6, 6.07) is 0.678. The zero-order chi connectivity index (χ0) is 15.3. The van der Waals surface area contributed by atoms with Gasteiger partial charge in [0.05, 0.1) is 6.33 Å². The number of rotatable bonds is 7. The van der Waals surface area contributed by atoms with Gasteiger partial charge in [-0.1, -0.05) is 27.2 Å². The van der Waals surface area contributed by atoms with Gasteiger partial charge in [-0.2, -0.15) is 0 Å². The summed E-state index contributed by atoms with van der Waals surface area (Å²) in [5.74, 6) is 0.757. The van der Waals surface area contributed by atoms with E-state index in [4.69, 9.17) is 0 Å². The summed E-state index contributed by atoms with van der Waals surface area (Å²) >= 11 is 0. The molecular weight excluding hydrogens is 260 g/mol. The first kappa shape index (κ1) is 16.5. The third kappa shape index (κ3) is 4.30. The van der Waals surface area contributed by atoms with Gasteiger partial charge in [0.2, 0.25) is 0 Å². The molecule has 1 aliphatic heterocycles. The van der Waals surface area contributed by atoms with E-state index in [0.29, 0.717) is 6.04 Å². The molecule has 2 heterocycles. The highest BCUT2D eigenvalue weighted by atomic mass is 15.3. The molecule has 0 aromatic carbocycles. The molecule has 0 radical (unpaired) electrons. The number of hydrogen-bond donors (Lipinski definition) is 1. The summed E-state index contributed by atoms with van der Waals surface area (Å²) in [6.45, 7) is 13.9. The molecule has 0 saturated carbocycles. The quantitative estimate of drug-likeness (QED) is 0.839. The van der Waals surface area contributed by atoms with Crippen molar-refractivity contribution in [2.45, 2.75) is 65.1 Å². The van der Waals surface area contributed by atoms with E-state index in [-0.39, 0.29) is 5.54 Å². The summed E-state index contributed by atoms with van der Waals surface area (Å²) in [5.41, 5.74) is 0.277. The topological polar surface area (TPSA) is 33.1 Å². The van der Waals surface area contributed by atoms with Crippen LogP contribution in [0.25, 0.3) is 0 Å². The zero-order valence-corrected chi connectivity index (χ0v) is 14.2. The Morgan fingerprint density at radius 1 is 1.38 bits per heavy atom. The maximum atomic E-state index is 4.12. The standard InChI is InChI=1S/C17H32N4/c1-5-15(3)16-12-19-17(4,6-2)13-21(16)10-7-9-20-11-8-18-14-20/h8,11,14-16,19H,5-7,9-10,12-13H2,1-4H3. The zero-order valence-electron chi connectivity index (χ0n) is 14.2. The molecule has 0 aliphatic carbocycles. The summed E-state index contributed by atoms with van der Waals surface area (Å²) in [6.07, 6.45) is 9.48. The van der Waals surface area contributed by atoms with E-state index in [1.54, 1.807) is 0 Å². The SMILES string of the molecule is CCC(C)C1CNC(C)(CC)CN1CCCn1ccnc1. The first-order valence-corrected chi connectivity index (χ1v) is 8.53. The molecule has 0 bridgehead atoms. The molecule has 21 heavy (non-hydrogen) atoms. The van der Waals surface area contributed by atoms with Crippen molar-refractivity contribution < 1.29 is 0 Å². The minimum absolute atomic E-state index is 0.277. The van der Waals surface area contributed by atoms with Crippen LogP contribution in [0.1, 0.15) is 47.0 Å². The van der Waals surface area contributed by atoms with Crippen molar-refractivity contribution in [2.24, 2.45) is 5.92 Å². The lowest BCUT2D eigenvalue weighted by atomic mass is 9.88. The highest BCUT2D eigenvalue weighted by Crippen LogP contribution is 2.24. The van der Waals surface area contributed by atoms with Crippen molar-refractivity contribution >= 4 is 0 Å². The Labute approximate surface area is 129 Å². The normalized spacial score (nSPS) is 28.7. The van der Waals surface area contributed by atoms with Crippen molar-refractivity contribution in [1.29, 1.82) is 0 Å². The van der Waals surface area contributed by atoms with Crippen molar-refractivity contribution in [2.75, 3.05) is 19.6 Å². The maximum absolute atomic E-state index is 4.12. The molecule has 120 valence electrons. The Balaban J connectivity index is 1.92. The number of hydrogen-bond acceptors (Lipinski definition) is 3. The van der Waals surface area contributed by atoms with Gasteiger partial charge in [-0.3, -0.25) is 4.90 Å². The number of imidazole rings is 1. The van der Waals surface area contributed by atoms with Crippen molar-refractivity contribution in [3.05, 3.63) is 18.7 Å². The van der Waals surface area contributed by atoms with E-state index < -0.39 is 0 Å². The van der Waals surface area contributed by atoms with Crippen LogP contribution in [0.15, 0.2) is 18.7 Å². The van der Waals surface area contributed by atoms with Gasteiger partial charge < -0.3 is 9.88 Å². The lowest BCUT2D eigenvalue weighted by molar-refractivity contribution is 0.0532. The Morgan fingerprint density at radius 2 is 2.19 bits per heavy atom. The van der Waals surface area contributed by atoms with Crippen molar-refractivity contribution in [3.63, 3.8) is 0 Å². The second-order valence-corrected chi connectivity index (χ2v) is 6.87. The molecular formula is C17H32N4. The van der Waals surface area contributed by atoms with Crippen LogP contribution in [0.2, 0.25) is 0 Å². The first-order valence-electron chi connectivity index (χ1n) is 8.53. The predicted molar refractivity (Wildman–Crippen MR) is 88.4 cm³/mol. The lowest BCUT2D eigenvalue weighted by Crippen LogP contribution is -2.64. The van der Waals surface area contributed by atoms with E-state index in [1.165, 1.54) is 32.4 Å². The molecule has 3 atom stereocenters. The van der Waals surface area contributed by atoms with Crippen LogP contribution in [0.5, 0.6) is 0 Å². The first-order chi connectivity index (χ1) is 10.1. The molecule has 1 aliphatic rings. The average Bonchev–Trinajstić information content (AvgIpc) is 3.00. The second kappa shape index (κ2) is 7.41. The molecule has 3 unspecified atom stereocenters. The van der Waals surface area contributed by atoms with Gasteiger partial charge in [0.15, 0.2) is 0 Å². The van der Waals surface area contributed by atoms with Gasteiger partial charge in [-0.15, -0.1) is 0 Å². The predicted octanol–water partition coefficient (Wildman–Crippen LogP) is 2.76. The number of piperazine rings is 1. The summed E-state index contributed by atoms with van der Waals surface area (Å²) in [5, 5.41) is 3.79. The molecule has 0 spiro atoms. The number of nitrogens with one attached hydrogen (secondary N) is 1. The van der Waals surface area contributed by atoms with Gasteiger partial charge in [0.1, 0.15) is 0 Å². The molecule has 1 saturated heterocycles. The third-order valence-electron chi connectivity index (χ3n) is 5.26. The van der Waals surface area contributed by atoms with Crippen LogP contribution >= 0.6 is 0 Å². The van der Waals surface area contributed by atoms with E-state index in [2.05, 4.69) is 53.7 Å². The average molecular weight is 292 g/mol. The fourth-order valence-corrected chi connectivity index (χ4v) is 3.29. The number of nitrogens with zero attached hydrogens (tertiary/aromatic N) is 3. The van der Waals surface area contributed by atoms with Gasteiger partial charge in [-0.25, -0.2) is 4.98 Å². The second-order valence-electron chi connectivity index (χ2n) is 6.87. The summed E-state index contributed by atoms with van der Waals surface area (Å²) in [7, 11) is 0. The highest BCUT2D eigenvalue weighted by Gasteiger charge is 2.35. The Morgan fingerprint density at radius 3 is 2.81 bits per heavy atom. The van der Waals surface area contributed by atoms with Gasteiger partial charge in [0, 0.05) is 50.2 Å². The molecule has 1 N–H and O–H groups in total. The van der Waals surface area contributed by atoms with Crippen molar-refractivity contribution in [3.8, 4) is 0 Å². The maximum Gasteiger partial charge on any atom is 0.0945 e. The van der Waals surface area contributed by atoms with E-state index in [9.17, 15) is 0 Å². The molecule has 4 nitrogen and oxygen atoms in total. The van der Waals surface area contributed by atoms with E-state index in [0.717, 1.165) is 19.0 Å². The van der Waals surface area contributed by atoms with Crippen LogP contribution in [-0.4, -0.2) is 45.7 Å². The number of aromatic nitrogens is 2. The number of aryl methyl sites for hydroxylation is 1. The van der Waals surface area contributed by atoms with Crippen LogP contribution in [0.3, 0.4) is 0 Å². The minimum Gasteiger partial charge on any atom is -0.337 e. The summed E-state index contributed by atoms with van der Waals surface area (Å²) in [4.78, 5) is 6.85. The molecule has 4 heteroatoms. The molecule has 1 aromatic heterocycles. The Hall–Kier alpha value is -0.870. The molecule has 1 aromatic rings. The fourth-order valence-electron chi connectivity index (χ4n) is 3.29. The van der Waals surface area contributed by atoms with Gasteiger partial charge in [0.25, 0.3) is 0 Å². The third-order valence-corrected chi connectivity index (χ3v) is 5.26. The van der Waals surface area contributed by atoms with E-state index in [1.807, 2.05) is 12.5 Å². The van der Waals surface area contributed by atoms with Gasteiger partial charge in [-0.05, 0) is 25.7 Å². The van der Waals surface area contributed by atoms with Crippen LogP contribution in [-0.2, 0) is 6.54 Å². The Kier molecular flexibility index (Phi) is 5.82. The highest BCUT2D eigenvalue weighted by molar-refractivity contribution is 4.95.